The average molecular weight is 139 g/mol. The first-order chi connectivity index (χ1) is 4.95. The third kappa shape index (κ3) is 0.523. The molecule has 10 heavy (non-hydrogen) atoms. The molecule has 3 saturated heterocycles. The lowest BCUT2D eigenvalue weighted by molar-refractivity contribution is 0.169. The zero-order chi connectivity index (χ0) is 6.55. The van der Waals surface area contributed by atoms with E-state index < -0.39 is 0 Å². The van der Waals surface area contributed by atoms with Crippen LogP contribution in [0.2, 0.25) is 0 Å². The van der Waals surface area contributed by atoms with Gasteiger partial charge in [-0.2, -0.15) is 0 Å². The molecule has 0 aromatic heterocycles. The molecule has 0 saturated carbocycles. The highest BCUT2D eigenvalue weighted by Crippen LogP contribution is 2.41. The first-order valence-electron chi connectivity index (χ1n) is 4.29. The Morgan fingerprint density at radius 3 is 2.20 bits per heavy atom. The summed E-state index contributed by atoms with van der Waals surface area (Å²) in [6.07, 6.45) is 2.80. The van der Waals surface area contributed by atoms with Crippen molar-refractivity contribution in [1.82, 2.24) is 5.32 Å². The van der Waals surface area contributed by atoms with Crippen molar-refractivity contribution in [3.63, 3.8) is 0 Å². The lowest BCUT2D eigenvalue weighted by Gasteiger charge is -2.19. The van der Waals surface area contributed by atoms with Gasteiger partial charge in [0.25, 0.3) is 0 Å². The summed E-state index contributed by atoms with van der Waals surface area (Å²) in [6.45, 7) is 2.05. The first kappa shape index (κ1) is 5.56. The van der Waals surface area contributed by atoms with Crippen LogP contribution in [0, 0.1) is 11.8 Å². The molecule has 3 aliphatic heterocycles. The molecule has 0 radical (unpaired) electrons. The molecule has 2 heteroatoms. The second-order valence-electron chi connectivity index (χ2n) is 3.82. The smallest absolute Gasteiger partial charge is 0.0513 e. The Morgan fingerprint density at radius 1 is 1.00 bits per heavy atom. The SMILES string of the molecule is C1CC2NC1C1COCC21. The molecule has 1 N–H and O–H groups in total. The van der Waals surface area contributed by atoms with E-state index in [1.807, 2.05) is 0 Å². The second kappa shape index (κ2) is 1.74. The molecule has 0 aromatic carbocycles. The van der Waals surface area contributed by atoms with Gasteiger partial charge in [0.15, 0.2) is 0 Å². The summed E-state index contributed by atoms with van der Waals surface area (Å²) in [6, 6.07) is 1.63. The van der Waals surface area contributed by atoms with Gasteiger partial charge in [-0.05, 0) is 12.8 Å². The average Bonchev–Trinajstić information content (AvgIpc) is 2.60. The maximum atomic E-state index is 5.45. The molecule has 3 fully saturated rings. The summed E-state index contributed by atoms with van der Waals surface area (Å²) >= 11 is 0. The van der Waals surface area contributed by atoms with Crippen LogP contribution in [0.3, 0.4) is 0 Å². The molecule has 4 atom stereocenters. The third-order valence-corrected chi connectivity index (χ3v) is 3.42. The van der Waals surface area contributed by atoms with Gasteiger partial charge in [-0.1, -0.05) is 0 Å². The van der Waals surface area contributed by atoms with E-state index in [9.17, 15) is 0 Å². The van der Waals surface area contributed by atoms with E-state index in [1.165, 1.54) is 12.8 Å². The Bertz CT molecular complexity index is 143. The van der Waals surface area contributed by atoms with Gasteiger partial charge in [-0.15, -0.1) is 0 Å². The van der Waals surface area contributed by atoms with Crippen LogP contribution < -0.4 is 5.32 Å². The fraction of sp³-hybridized carbons (Fsp3) is 1.00. The zero-order valence-electron chi connectivity index (χ0n) is 6.05. The Hall–Kier alpha value is -0.0800. The van der Waals surface area contributed by atoms with E-state index in [2.05, 4.69) is 5.32 Å². The monoisotopic (exact) mass is 139 g/mol. The quantitative estimate of drug-likeness (QED) is 0.524. The molecular formula is C8H13NO. The lowest BCUT2D eigenvalue weighted by atomic mass is 9.82. The van der Waals surface area contributed by atoms with Crippen LogP contribution in [-0.2, 0) is 4.74 Å². The Balaban J connectivity index is 1.92. The van der Waals surface area contributed by atoms with E-state index >= 15 is 0 Å². The Labute approximate surface area is 60.9 Å². The molecule has 2 bridgehead atoms. The van der Waals surface area contributed by atoms with Gasteiger partial charge in [-0.25, -0.2) is 0 Å². The van der Waals surface area contributed by atoms with Crippen molar-refractivity contribution in [2.45, 2.75) is 24.9 Å². The van der Waals surface area contributed by atoms with Crippen molar-refractivity contribution in [3.05, 3.63) is 0 Å². The highest BCUT2D eigenvalue weighted by Gasteiger charge is 2.49. The van der Waals surface area contributed by atoms with Crippen molar-refractivity contribution < 1.29 is 4.74 Å². The number of rotatable bonds is 0. The van der Waals surface area contributed by atoms with E-state index in [-0.39, 0.29) is 0 Å². The predicted octanol–water partition coefficient (Wildman–Crippen LogP) is 0.383. The normalized spacial score (nSPS) is 57.6. The second-order valence-corrected chi connectivity index (χ2v) is 3.82. The van der Waals surface area contributed by atoms with E-state index in [0.29, 0.717) is 0 Å². The minimum absolute atomic E-state index is 0.817. The van der Waals surface area contributed by atoms with E-state index in [4.69, 9.17) is 4.74 Å². The molecular weight excluding hydrogens is 126 g/mol. The summed E-state index contributed by atoms with van der Waals surface area (Å²) in [7, 11) is 0. The first-order valence-corrected chi connectivity index (χ1v) is 4.29. The standard InChI is InChI=1S/C8H13NO/c1-2-8-6-4-10-3-5(6)7(1)9-8/h5-9H,1-4H2. The van der Waals surface area contributed by atoms with Crippen molar-refractivity contribution >= 4 is 0 Å². The summed E-state index contributed by atoms with van der Waals surface area (Å²) in [5.41, 5.74) is 0. The van der Waals surface area contributed by atoms with Crippen molar-refractivity contribution in [2.24, 2.45) is 11.8 Å². The van der Waals surface area contributed by atoms with Crippen molar-refractivity contribution in [1.29, 1.82) is 0 Å². The van der Waals surface area contributed by atoms with Crippen LogP contribution in [0.5, 0.6) is 0 Å². The summed E-state index contributed by atoms with van der Waals surface area (Å²) < 4.78 is 5.45. The Morgan fingerprint density at radius 2 is 1.60 bits per heavy atom. The van der Waals surface area contributed by atoms with Crippen molar-refractivity contribution in [3.8, 4) is 0 Å². The molecule has 0 aromatic rings. The van der Waals surface area contributed by atoms with Gasteiger partial charge in [0.1, 0.15) is 0 Å². The van der Waals surface area contributed by atoms with Gasteiger partial charge in [0.2, 0.25) is 0 Å². The van der Waals surface area contributed by atoms with Crippen LogP contribution >= 0.6 is 0 Å². The molecule has 0 amide bonds. The summed E-state index contributed by atoms with van der Waals surface area (Å²) in [5, 5.41) is 3.65. The maximum Gasteiger partial charge on any atom is 0.0513 e. The summed E-state index contributed by atoms with van der Waals surface area (Å²) in [4.78, 5) is 0. The topological polar surface area (TPSA) is 21.3 Å². The number of hydrogen-bond acceptors (Lipinski definition) is 2. The molecule has 3 aliphatic rings. The molecule has 0 aliphatic carbocycles. The molecule has 3 heterocycles. The van der Waals surface area contributed by atoms with Gasteiger partial charge >= 0.3 is 0 Å². The Kier molecular flexibility index (Phi) is 0.968. The van der Waals surface area contributed by atoms with E-state index in [0.717, 1.165) is 37.1 Å². The zero-order valence-corrected chi connectivity index (χ0v) is 6.05. The largest absolute Gasteiger partial charge is 0.381 e. The van der Waals surface area contributed by atoms with Gasteiger partial charge in [0, 0.05) is 23.9 Å². The van der Waals surface area contributed by atoms with Crippen LogP contribution in [0.25, 0.3) is 0 Å². The van der Waals surface area contributed by atoms with Gasteiger partial charge < -0.3 is 10.1 Å². The minimum atomic E-state index is 0.817. The van der Waals surface area contributed by atoms with Gasteiger partial charge in [-0.3, -0.25) is 0 Å². The fourth-order valence-corrected chi connectivity index (χ4v) is 2.89. The number of ether oxygens (including phenoxy) is 1. The van der Waals surface area contributed by atoms with Crippen molar-refractivity contribution in [2.75, 3.05) is 13.2 Å². The predicted molar refractivity (Wildman–Crippen MR) is 37.7 cm³/mol. The fourth-order valence-electron chi connectivity index (χ4n) is 2.89. The molecule has 4 unspecified atom stereocenters. The summed E-state index contributed by atoms with van der Waals surface area (Å²) in [5.74, 6) is 1.75. The lowest BCUT2D eigenvalue weighted by Crippen LogP contribution is -2.24. The molecule has 3 rings (SSSR count). The van der Waals surface area contributed by atoms with Crippen LogP contribution in [0.15, 0.2) is 0 Å². The number of fused-ring (bicyclic) bond motifs is 5. The van der Waals surface area contributed by atoms with E-state index in [1.54, 1.807) is 0 Å². The maximum absolute atomic E-state index is 5.45. The number of hydrogen-bond donors (Lipinski definition) is 1. The molecule has 56 valence electrons. The van der Waals surface area contributed by atoms with Gasteiger partial charge in [0.05, 0.1) is 13.2 Å². The highest BCUT2D eigenvalue weighted by atomic mass is 16.5. The highest BCUT2D eigenvalue weighted by molar-refractivity contribution is 5.04. The van der Waals surface area contributed by atoms with Crippen LogP contribution in [-0.4, -0.2) is 25.3 Å². The molecule has 2 nitrogen and oxygen atoms in total. The molecule has 0 spiro atoms. The van der Waals surface area contributed by atoms with Crippen LogP contribution in [0.1, 0.15) is 12.8 Å². The van der Waals surface area contributed by atoms with Crippen LogP contribution in [0.4, 0.5) is 0 Å². The third-order valence-electron chi connectivity index (χ3n) is 3.42. The minimum Gasteiger partial charge on any atom is -0.381 e. The number of nitrogens with one attached hydrogen (secondary N) is 1.